The molecule has 3 rings (SSSR count). The fraction of sp³-hybridized carbons (Fsp3) is 0.375. The third-order valence-corrected chi connectivity index (χ3v) is 8.54. The van der Waals surface area contributed by atoms with Gasteiger partial charge in [0, 0.05) is 18.7 Å². The summed E-state index contributed by atoms with van der Waals surface area (Å²) in [6.07, 6.45) is 0. The van der Waals surface area contributed by atoms with Crippen molar-refractivity contribution >= 4 is 27.5 Å². The summed E-state index contributed by atoms with van der Waals surface area (Å²) in [4.78, 5) is 28.5. The molecule has 0 unspecified atom stereocenters. The number of hydrogen-bond donors (Lipinski definition) is 1. The van der Waals surface area contributed by atoms with E-state index in [-0.39, 0.29) is 34.8 Å². The zero-order valence-electron chi connectivity index (χ0n) is 26.2. The van der Waals surface area contributed by atoms with Crippen LogP contribution in [0.2, 0.25) is 0 Å². The Morgan fingerprint density at radius 3 is 1.98 bits per heavy atom. The van der Waals surface area contributed by atoms with E-state index in [1.807, 2.05) is 20.8 Å². The van der Waals surface area contributed by atoms with Crippen molar-refractivity contribution in [2.45, 2.75) is 51.2 Å². The van der Waals surface area contributed by atoms with Gasteiger partial charge in [-0.1, -0.05) is 12.1 Å². The van der Waals surface area contributed by atoms with Crippen LogP contribution in [0.4, 0.5) is 5.69 Å². The zero-order valence-corrected chi connectivity index (χ0v) is 27.0. The maximum Gasteiger partial charge on any atom is 0.264 e. The van der Waals surface area contributed by atoms with Crippen molar-refractivity contribution in [1.82, 2.24) is 10.2 Å². The first-order valence-electron chi connectivity index (χ1n) is 14.2. The van der Waals surface area contributed by atoms with Crippen molar-refractivity contribution in [3.8, 4) is 23.0 Å². The van der Waals surface area contributed by atoms with E-state index in [9.17, 15) is 18.0 Å². The van der Waals surface area contributed by atoms with Crippen molar-refractivity contribution in [3.05, 3.63) is 72.3 Å². The van der Waals surface area contributed by atoms with E-state index in [1.165, 1.54) is 37.3 Å². The summed E-state index contributed by atoms with van der Waals surface area (Å²) in [5, 5.41) is 2.84. The van der Waals surface area contributed by atoms with E-state index in [4.69, 9.17) is 18.9 Å². The highest BCUT2D eigenvalue weighted by molar-refractivity contribution is 7.92. The maximum atomic E-state index is 14.2. The second-order valence-electron chi connectivity index (χ2n) is 10.2. The van der Waals surface area contributed by atoms with Crippen LogP contribution in [-0.2, 0) is 26.2 Å². The summed E-state index contributed by atoms with van der Waals surface area (Å²) in [7, 11) is 0.0880. The van der Waals surface area contributed by atoms with Crippen molar-refractivity contribution in [2.75, 3.05) is 38.8 Å². The molecule has 0 aliphatic heterocycles. The monoisotopic (exact) mass is 627 g/mol. The molecule has 0 aliphatic carbocycles. The molecular formula is C32H41N3O8S. The van der Waals surface area contributed by atoms with Crippen molar-refractivity contribution in [3.63, 3.8) is 0 Å². The lowest BCUT2D eigenvalue weighted by atomic mass is 10.1. The number of sulfonamides is 1. The number of hydrogen-bond acceptors (Lipinski definition) is 8. The van der Waals surface area contributed by atoms with Gasteiger partial charge in [-0.3, -0.25) is 13.9 Å². The van der Waals surface area contributed by atoms with Crippen LogP contribution >= 0.6 is 0 Å². The first kappa shape index (κ1) is 34.0. The molecule has 11 nitrogen and oxygen atoms in total. The van der Waals surface area contributed by atoms with Gasteiger partial charge in [-0.05, 0) is 81.8 Å². The Kier molecular flexibility index (Phi) is 11.9. The Hall–Kier alpha value is -4.45. The van der Waals surface area contributed by atoms with E-state index in [1.54, 1.807) is 62.6 Å². The number of amides is 2. The smallest absolute Gasteiger partial charge is 0.264 e. The number of methoxy groups -OCH3 is 3. The minimum absolute atomic E-state index is 0.0586. The highest BCUT2D eigenvalue weighted by Crippen LogP contribution is 2.33. The second kappa shape index (κ2) is 15.3. The predicted molar refractivity (Wildman–Crippen MR) is 168 cm³/mol. The summed E-state index contributed by atoms with van der Waals surface area (Å²) in [6.45, 7) is 7.01. The lowest BCUT2D eigenvalue weighted by Gasteiger charge is -2.32. The first-order chi connectivity index (χ1) is 20.9. The number of anilines is 1. The highest BCUT2D eigenvalue weighted by atomic mass is 32.2. The largest absolute Gasteiger partial charge is 0.497 e. The minimum atomic E-state index is -4.32. The molecule has 2 amide bonds. The van der Waals surface area contributed by atoms with E-state index < -0.39 is 28.5 Å². The van der Waals surface area contributed by atoms with Gasteiger partial charge in [0.2, 0.25) is 11.8 Å². The van der Waals surface area contributed by atoms with Gasteiger partial charge in [-0.15, -0.1) is 0 Å². The molecule has 0 fully saturated rings. The number of rotatable bonds is 15. The average Bonchev–Trinajstić information content (AvgIpc) is 3.02. The third kappa shape index (κ3) is 8.34. The van der Waals surface area contributed by atoms with Gasteiger partial charge in [0.1, 0.15) is 24.1 Å². The van der Waals surface area contributed by atoms with Crippen LogP contribution in [0.3, 0.4) is 0 Å². The van der Waals surface area contributed by atoms with Gasteiger partial charge in [-0.2, -0.15) is 0 Å². The van der Waals surface area contributed by atoms with E-state index in [0.29, 0.717) is 23.9 Å². The number of nitrogens with zero attached hydrogens (tertiary/aromatic N) is 2. The summed E-state index contributed by atoms with van der Waals surface area (Å²) in [5.74, 6) is 0.811. The predicted octanol–water partition coefficient (Wildman–Crippen LogP) is 4.25. The number of benzene rings is 3. The summed E-state index contributed by atoms with van der Waals surface area (Å²) < 4.78 is 50.8. The minimum Gasteiger partial charge on any atom is -0.497 e. The average molecular weight is 628 g/mol. The Morgan fingerprint density at radius 1 is 0.818 bits per heavy atom. The molecule has 12 heteroatoms. The first-order valence-corrected chi connectivity index (χ1v) is 15.6. The molecule has 0 aliphatic rings. The number of carbonyl (C=O) groups excluding carboxylic acids is 2. The quantitative estimate of drug-likeness (QED) is 0.265. The molecule has 0 heterocycles. The van der Waals surface area contributed by atoms with Crippen LogP contribution in [0, 0.1) is 0 Å². The van der Waals surface area contributed by atoms with E-state index in [2.05, 4.69) is 5.32 Å². The van der Waals surface area contributed by atoms with Gasteiger partial charge in [-0.25, -0.2) is 8.42 Å². The summed E-state index contributed by atoms with van der Waals surface area (Å²) in [6, 6.07) is 16.6. The fourth-order valence-corrected chi connectivity index (χ4v) is 5.85. The number of nitrogens with one attached hydrogen (secondary N) is 1. The van der Waals surface area contributed by atoms with Crippen molar-refractivity contribution in [1.29, 1.82) is 0 Å². The van der Waals surface area contributed by atoms with E-state index >= 15 is 0 Å². The molecule has 3 aromatic carbocycles. The molecule has 1 atom stereocenters. The molecule has 1 N–H and O–H groups in total. The zero-order chi connectivity index (χ0) is 32.4. The summed E-state index contributed by atoms with van der Waals surface area (Å²) in [5.41, 5.74) is 0.971. The molecule has 0 bridgehead atoms. The second-order valence-corrected chi connectivity index (χ2v) is 12.0. The molecule has 238 valence electrons. The molecule has 3 aromatic rings. The van der Waals surface area contributed by atoms with Crippen LogP contribution in [0.5, 0.6) is 23.0 Å². The van der Waals surface area contributed by atoms with Gasteiger partial charge < -0.3 is 29.2 Å². The van der Waals surface area contributed by atoms with E-state index in [0.717, 1.165) is 9.87 Å². The molecule has 0 aromatic heterocycles. The van der Waals surface area contributed by atoms with Crippen molar-refractivity contribution in [2.24, 2.45) is 0 Å². The standard InChI is InChI=1S/C32H41N3O8S/c1-8-43-27-15-11-25(12-16-27)35(44(38,39)28-17-18-29(41-6)30(19-28)42-7)21-31(36)34(23(4)32(37)33-22(2)3)20-24-9-13-26(40-5)14-10-24/h9-19,22-23H,8,20-21H2,1-7H3,(H,33,37)/t23-/m1/s1. The van der Waals surface area contributed by atoms with Crippen LogP contribution in [-0.4, -0.2) is 71.7 Å². The Labute approximate surface area is 259 Å². The number of carbonyl (C=O) groups is 2. The fourth-order valence-electron chi connectivity index (χ4n) is 4.42. The molecule has 0 saturated carbocycles. The Balaban J connectivity index is 2.08. The van der Waals surface area contributed by atoms with Crippen LogP contribution < -0.4 is 28.6 Å². The SMILES string of the molecule is CCOc1ccc(N(CC(=O)N(Cc2ccc(OC)cc2)[C@H](C)C(=O)NC(C)C)S(=O)(=O)c2ccc(OC)c(OC)c2)cc1. The Bertz CT molecular complexity index is 1510. The van der Waals surface area contributed by atoms with Crippen LogP contribution in [0.25, 0.3) is 0 Å². The van der Waals surface area contributed by atoms with Gasteiger partial charge >= 0.3 is 0 Å². The number of ether oxygens (including phenoxy) is 4. The lowest BCUT2D eigenvalue weighted by Crippen LogP contribution is -2.52. The Morgan fingerprint density at radius 2 is 1.43 bits per heavy atom. The summed E-state index contributed by atoms with van der Waals surface area (Å²) >= 11 is 0. The molecular weight excluding hydrogens is 586 g/mol. The van der Waals surface area contributed by atoms with Crippen molar-refractivity contribution < 1.29 is 37.0 Å². The van der Waals surface area contributed by atoms with Crippen LogP contribution in [0.15, 0.2) is 71.6 Å². The normalized spacial score (nSPS) is 11.8. The molecule has 0 spiro atoms. The highest BCUT2D eigenvalue weighted by Gasteiger charge is 2.33. The maximum absolute atomic E-state index is 14.2. The third-order valence-electron chi connectivity index (χ3n) is 6.77. The molecule has 0 radical (unpaired) electrons. The van der Waals surface area contributed by atoms with Gasteiger partial charge in [0.15, 0.2) is 11.5 Å². The lowest BCUT2D eigenvalue weighted by molar-refractivity contribution is -0.139. The topological polar surface area (TPSA) is 124 Å². The van der Waals surface area contributed by atoms with Gasteiger partial charge in [0.05, 0.1) is 38.5 Å². The van der Waals surface area contributed by atoms with Crippen LogP contribution in [0.1, 0.15) is 33.3 Å². The molecule has 44 heavy (non-hydrogen) atoms. The molecule has 0 saturated heterocycles. The van der Waals surface area contributed by atoms with Gasteiger partial charge in [0.25, 0.3) is 10.0 Å².